The van der Waals surface area contributed by atoms with E-state index in [1.165, 1.54) is 11.3 Å². The maximum atomic E-state index is 11.8. The van der Waals surface area contributed by atoms with Gasteiger partial charge in [0.25, 0.3) is 0 Å². The monoisotopic (exact) mass is 366 g/mol. The molecule has 0 radical (unpaired) electrons. The zero-order valence-electron chi connectivity index (χ0n) is 10.7. The lowest BCUT2D eigenvalue weighted by Crippen LogP contribution is -2.32. The summed E-state index contributed by atoms with van der Waals surface area (Å²) in [4.78, 5) is 13.1. The fraction of sp³-hybridized carbons (Fsp3) is 0.615. The largest absolute Gasteiger partial charge is 0.356 e. The molecule has 19 heavy (non-hydrogen) atoms. The standard InChI is InChI=1S/C13H19BrN2OS.ClH/c14-12-5-4-10(18-12)6-7-16-13(17)8-9-2-1-3-11(9)15;/h4-5,9,11H,1-3,6-8,15H2,(H,16,17);1H/t9-,11+;/m0./s1. The van der Waals surface area contributed by atoms with Crippen molar-refractivity contribution in [3.05, 3.63) is 20.8 Å². The number of carbonyl (C=O) groups excluding carboxylic acids is 1. The fourth-order valence-corrected chi connectivity index (χ4v) is 3.92. The van der Waals surface area contributed by atoms with Crippen LogP contribution in [0.3, 0.4) is 0 Å². The molecule has 2 rings (SSSR count). The molecule has 0 unspecified atom stereocenters. The second kappa shape index (κ2) is 8.25. The van der Waals surface area contributed by atoms with Crippen molar-refractivity contribution in [3.8, 4) is 0 Å². The first kappa shape index (κ1) is 17.0. The first-order valence-electron chi connectivity index (χ1n) is 6.41. The quantitative estimate of drug-likeness (QED) is 0.840. The number of nitrogens with one attached hydrogen (secondary N) is 1. The summed E-state index contributed by atoms with van der Waals surface area (Å²) in [7, 11) is 0. The zero-order valence-corrected chi connectivity index (χ0v) is 14.0. The van der Waals surface area contributed by atoms with Crippen LogP contribution >= 0.6 is 39.7 Å². The van der Waals surface area contributed by atoms with Crippen molar-refractivity contribution in [3.63, 3.8) is 0 Å². The predicted molar refractivity (Wildman–Crippen MR) is 85.9 cm³/mol. The minimum Gasteiger partial charge on any atom is -0.356 e. The molecule has 1 fully saturated rings. The second-order valence-corrected chi connectivity index (χ2v) is 7.41. The minimum absolute atomic E-state index is 0. The average Bonchev–Trinajstić information content (AvgIpc) is 2.89. The highest BCUT2D eigenvalue weighted by Gasteiger charge is 2.25. The normalized spacial score (nSPS) is 22.0. The van der Waals surface area contributed by atoms with Crippen LogP contribution in [0.15, 0.2) is 15.9 Å². The van der Waals surface area contributed by atoms with Crippen LogP contribution in [0, 0.1) is 5.92 Å². The molecule has 0 bridgehead atoms. The van der Waals surface area contributed by atoms with Gasteiger partial charge in [-0.15, -0.1) is 23.7 Å². The molecule has 0 aliphatic heterocycles. The Morgan fingerprint density at radius 1 is 1.47 bits per heavy atom. The number of nitrogens with two attached hydrogens (primary N) is 1. The molecule has 0 saturated heterocycles. The van der Waals surface area contributed by atoms with E-state index < -0.39 is 0 Å². The highest BCUT2D eigenvalue weighted by molar-refractivity contribution is 9.11. The molecular weight excluding hydrogens is 348 g/mol. The lowest BCUT2D eigenvalue weighted by molar-refractivity contribution is -0.122. The molecule has 3 N–H and O–H groups in total. The summed E-state index contributed by atoms with van der Waals surface area (Å²) < 4.78 is 1.14. The Morgan fingerprint density at radius 2 is 2.26 bits per heavy atom. The topological polar surface area (TPSA) is 55.1 Å². The van der Waals surface area contributed by atoms with Gasteiger partial charge in [0.1, 0.15) is 0 Å². The fourth-order valence-electron chi connectivity index (χ4n) is 2.44. The number of rotatable bonds is 5. The Bertz CT molecular complexity index is 413. The summed E-state index contributed by atoms with van der Waals surface area (Å²) in [6.45, 7) is 0.716. The van der Waals surface area contributed by atoms with Crippen LogP contribution in [0.5, 0.6) is 0 Å². The second-order valence-electron chi connectivity index (χ2n) is 4.86. The molecule has 1 aromatic rings. The number of halogens is 2. The van der Waals surface area contributed by atoms with Crippen molar-refractivity contribution < 1.29 is 4.79 Å². The van der Waals surface area contributed by atoms with Gasteiger partial charge in [-0.1, -0.05) is 6.42 Å². The third-order valence-electron chi connectivity index (χ3n) is 3.49. The van der Waals surface area contributed by atoms with Crippen LogP contribution in [0.4, 0.5) is 0 Å². The summed E-state index contributed by atoms with van der Waals surface area (Å²) in [5, 5.41) is 2.98. The number of thiophene rings is 1. The first-order valence-corrected chi connectivity index (χ1v) is 8.02. The van der Waals surface area contributed by atoms with Crippen LogP contribution in [-0.2, 0) is 11.2 Å². The Balaban J connectivity index is 0.00000180. The maximum Gasteiger partial charge on any atom is 0.220 e. The molecule has 1 aromatic heterocycles. The van der Waals surface area contributed by atoms with E-state index in [-0.39, 0.29) is 24.4 Å². The molecule has 1 heterocycles. The third kappa shape index (κ3) is 5.42. The van der Waals surface area contributed by atoms with E-state index >= 15 is 0 Å². The molecule has 0 spiro atoms. The summed E-state index contributed by atoms with van der Waals surface area (Å²) in [5.41, 5.74) is 5.97. The van der Waals surface area contributed by atoms with Gasteiger partial charge in [0.15, 0.2) is 0 Å². The van der Waals surface area contributed by atoms with Crippen LogP contribution in [0.1, 0.15) is 30.6 Å². The number of amides is 1. The van der Waals surface area contributed by atoms with Crippen molar-refractivity contribution in [2.24, 2.45) is 11.7 Å². The van der Waals surface area contributed by atoms with E-state index in [4.69, 9.17) is 5.73 Å². The lowest BCUT2D eigenvalue weighted by Gasteiger charge is -2.14. The molecule has 1 amide bonds. The van der Waals surface area contributed by atoms with Gasteiger partial charge in [0.2, 0.25) is 5.91 Å². The molecule has 1 aliphatic rings. The van der Waals surface area contributed by atoms with E-state index in [1.54, 1.807) is 11.3 Å². The van der Waals surface area contributed by atoms with Crippen LogP contribution in [-0.4, -0.2) is 18.5 Å². The van der Waals surface area contributed by atoms with Crippen molar-refractivity contribution in [2.75, 3.05) is 6.54 Å². The first-order chi connectivity index (χ1) is 8.65. The summed E-state index contributed by atoms with van der Waals surface area (Å²) in [5.74, 6) is 0.536. The van der Waals surface area contributed by atoms with Gasteiger partial charge in [-0.3, -0.25) is 4.79 Å². The van der Waals surface area contributed by atoms with Crippen molar-refractivity contribution in [1.82, 2.24) is 5.32 Å². The van der Waals surface area contributed by atoms with Gasteiger partial charge in [0.05, 0.1) is 3.79 Å². The van der Waals surface area contributed by atoms with Gasteiger partial charge in [-0.2, -0.15) is 0 Å². The summed E-state index contributed by atoms with van der Waals surface area (Å²) in [6.07, 6.45) is 4.84. The van der Waals surface area contributed by atoms with E-state index in [0.29, 0.717) is 18.9 Å². The number of carbonyl (C=O) groups is 1. The molecule has 1 aliphatic carbocycles. The minimum atomic E-state index is 0. The predicted octanol–water partition coefficient (Wildman–Crippen LogP) is 3.11. The molecule has 3 nitrogen and oxygen atoms in total. The Morgan fingerprint density at radius 3 is 2.84 bits per heavy atom. The van der Waals surface area contributed by atoms with E-state index in [2.05, 4.69) is 27.3 Å². The molecule has 0 aromatic carbocycles. The van der Waals surface area contributed by atoms with Crippen LogP contribution in [0.2, 0.25) is 0 Å². The van der Waals surface area contributed by atoms with Gasteiger partial charge >= 0.3 is 0 Å². The van der Waals surface area contributed by atoms with Gasteiger partial charge in [-0.25, -0.2) is 0 Å². The smallest absolute Gasteiger partial charge is 0.220 e. The zero-order chi connectivity index (χ0) is 13.0. The molecule has 108 valence electrons. The van der Waals surface area contributed by atoms with E-state index in [9.17, 15) is 4.79 Å². The van der Waals surface area contributed by atoms with Crippen LogP contribution < -0.4 is 11.1 Å². The average molecular weight is 368 g/mol. The third-order valence-corrected chi connectivity index (χ3v) is 5.17. The van der Waals surface area contributed by atoms with Crippen molar-refractivity contribution in [1.29, 1.82) is 0 Å². The van der Waals surface area contributed by atoms with E-state index in [0.717, 1.165) is 23.0 Å². The molecule has 6 heteroatoms. The van der Waals surface area contributed by atoms with Gasteiger partial charge in [-0.05, 0) is 53.2 Å². The number of hydrogen-bond acceptors (Lipinski definition) is 3. The van der Waals surface area contributed by atoms with Crippen molar-refractivity contribution >= 4 is 45.6 Å². The highest BCUT2D eigenvalue weighted by Crippen LogP contribution is 2.26. The Hall–Kier alpha value is -0.100. The van der Waals surface area contributed by atoms with Crippen molar-refractivity contribution in [2.45, 2.75) is 38.1 Å². The van der Waals surface area contributed by atoms with Crippen LogP contribution in [0.25, 0.3) is 0 Å². The highest BCUT2D eigenvalue weighted by atomic mass is 79.9. The Labute approximate surface area is 132 Å². The lowest BCUT2D eigenvalue weighted by atomic mass is 10.00. The maximum absolute atomic E-state index is 11.8. The SMILES string of the molecule is Cl.N[C@@H]1CCC[C@H]1CC(=O)NCCc1ccc(Br)s1. The number of hydrogen-bond donors (Lipinski definition) is 2. The van der Waals surface area contributed by atoms with Gasteiger partial charge in [0, 0.05) is 23.9 Å². The molecule has 2 atom stereocenters. The van der Waals surface area contributed by atoms with Gasteiger partial charge < -0.3 is 11.1 Å². The Kier molecular flexibility index (Phi) is 7.36. The molecular formula is C13H20BrClN2OS. The summed E-state index contributed by atoms with van der Waals surface area (Å²) >= 11 is 5.15. The summed E-state index contributed by atoms with van der Waals surface area (Å²) in [6, 6.07) is 4.36. The molecule has 1 saturated carbocycles. The van der Waals surface area contributed by atoms with E-state index in [1.807, 2.05) is 6.07 Å².